The van der Waals surface area contributed by atoms with E-state index in [-0.39, 0.29) is 0 Å². The van der Waals surface area contributed by atoms with E-state index in [9.17, 15) is 0 Å². The lowest BCUT2D eigenvalue weighted by molar-refractivity contribution is 0.145. The summed E-state index contributed by atoms with van der Waals surface area (Å²) in [7, 11) is 0. The third-order valence-electron chi connectivity index (χ3n) is 3.97. The Morgan fingerprint density at radius 3 is 2.24 bits per heavy atom. The Labute approximate surface area is 109 Å². The van der Waals surface area contributed by atoms with Gasteiger partial charge in [-0.15, -0.1) is 0 Å². The van der Waals surface area contributed by atoms with Gasteiger partial charge in [-0.1, -0.05) is 48.0 Å². The molecule has 2 atom stereocenters. The quantitative estimate of drug-likeness (QED) is 0.632. The number of nitrogens with one attached hydrogen (secondary N) is 1. The summed E-state index contributed by atoms with van der Waals surface area (Å²) < 4.78 is 0. The van der Waals surface area contributed by atoms with Crippen molar-refractivity contribution in [3.05, 3.63) is 0 Å². The minimum Gasteiger partial charge on any atom is -0.316 e. The molecule has 0 radical (unpaired) electrons. The van der Waals surface area contributed by atoms with Crippen LogP contribution in [0.2, 0.25) is 0 Å². The zero-order valence-corrected chi connectivity index (χ0v) is 13.0. The van der Waals surface area contributed by atoms with Crippen LogP contribution in [0.1, 0.15) is 54.4 Å². The summed E-state index contributed by atoms with van der Waals surface area (Å²) >= 11 is 0. The molecular formula is C15H34N2. The highest BCUT2D eigenvalue weighted by atomic mass is 15.1. The Hall–Kier alpha value is -0.0800. The van der Waals surface area contributed by atoms with Crippen molar-refractivity contribution >= 4 is 0 Å². The molecule has 104 valence electrons. The first-order valence-corrected chi connectivity index (χ1v) is 7.44. The summed E-state index contributed by atoms with van der Waals surface area (Å²) in [5.74, 6) is 0.815. The fourth-order valence-electron chi connectivity index (χ4n) is 2.13. The van der Waals surface area contributed by atoms with Crippen molar-refractivity contribution in [1.29, 1.82) is 0 Å². The lowest BCUT2D eigenvalue weighted by Gasteiger charge is -2.35. The van der Waals surface area contributed by atoms with Gasteiger partial charge in [0.1, 0.15) is 0 Å². The van der Waals surface area contributed by atoms with Crippen LogP contribution in [0.4, 0.5) is 0 Å². The Bertz CT molecular complexity index is 182. The van der Waals surface area contributed by atoms with Crippen molar-refractivity contribution in [2.75, 3.05) is 32.7 Å². The summed E-state index contributed by atoms with van der Waals surface area (Å²) in [5, 5.41) is 3.51. The first kappa shape index (κ1) is 16.9. The second-order valence-corrected chi connectivity index (χ2v) is 5.79. The number of hydrogen-bond donors (Lipinski definition) is 1. The molecule has 1 N–H and O–H groups in total. The molecule has 0 spiro atoms. The predicted octanol–water partition coefficient (Wildman–Crippen LogP) is 3.38. The van der Waals surface area contributed by atoms with Crippen LogP contribution in [0.3, 0.4) is 0 Å². The van der Waals surface area contributed by atoms with E-state index in [1.807, 2.05) is 0 Å². The Morgan fingerprint density at radius 2 is 1.82 bits per heavy atom. The zero-order chi connectivity index (χ0) is 13.3. The number of hydrogen-bond acceptors (Lipinski definition) is 2. The molecule has 0 amide bonds. The van der Waals surface area contributed by atoms with Crippen molar-refractivity contribution in [3.8, 4) is 0 Å². The predicted molar refractivity (Wildman–Crippen MR) is 78.5 cm³/mol. The Kier molecular flexibility index (Phi) is 8.89. The molecule has 0 saturated carbocycles. The van der Waals surface area contributed by atoms with E-state index >= 15 is 0 Å². The summed E-state index contributed by atoms with van der Waals surface area (Å²) in [6.07, 6.45) is 2.53. The summed E-state index contributed by atoms with van der Waals surface area (Å²) in [6.45, 7) is 19.7. The maximum atomic E-state index is 3.51. The minimum atomic E-state index is 0.416. The molecule has 0 bridgehead atoms. The van der Waals surface area contributed by atoms with Crippen molar-refractivity contribution in [3.63, 3.8) is 0 Å². The fraction of sp³-hybridized carbons (Fsp3) is 1.00. The standard InChI is InChI=1S/C15H34N2/c1-7-14(5)11-17(10-4)13-15(6,8-2)12-16-9-3/h14,16H,7-13H2,1-6H3. The largest absolute Gasteiger partial charge is 0.316 e. The monoisotopic (exact) mass is 242 g/mol. The molecular weight excluding hydrogens is 208 g/mol. The van der Waals surface area contributed by atoms with E-state index in [0.29, 0.717) is 5.41 Å². The fourth-order valence-corrected chi connectivity index (χ4v) is 2.13. The summed E-state index contributed by atoms with van der Waals surface area (Å²) in [6, 6.07) is 0. The van der Waals surface area contributed by atoms with Crippen LogP contribution in [-0.2, 0) is 0 Å². The van der Waals surface area contributed by atoms with Gasteiger partial charge in [-0.3, -0.25) is 0 Å². The topological polar surface area (TPSA) is 15.3 Å². The lowest BCUT2D eigenvalue weighted by Crippen LogP contribution is -2.43. The van der Waals surface area contributed by atoms with E-state index in [0.717, 1.165) is 19.0 Å². The van der Waals surface area contributed by atoms with E-state index in [4.69, 9.17) is 0 Å². The second kappa shape index (κ2) is 8.93. The molecule has 0 aromatic rings. The van der Waals surface area contributed by atoms with Gasteiger partial charge in [0.05, 0.1) is 0 Å². The second-order valence-electron chi connectivity index (χ2n) is 5.79. The molecule has 0 aromatic carbocycles. The Morgan fingerprint density at radius 1 is 1.18 bits per heavy atom. The van der Waals surface area contributed by atoms with Gasteiger partial charge >= 0.3 is 0 Å². The molecule has 0 aromatic heterocycles. The average molecular weight is 242 g/mol. The van der Waals surface area contributed by atoms with Crippen LogP contribution in [0.15, 0.2) is 0 Å². The van der Waals surface area contributed by atoms with Gasteiger partial charge in [0.2, 0.25) is 0 Å². The normalized spacial score (nSPS) is 17.1. The molecule has 2 unspecified atom stereocenters. The van der Waals surface area contributed by atoms with Crippen LogP contribution in [0.25, 0.3) is 0 Å². The van der Waals surface area contributed by atoms with Crippen LogP contribution in [0.5, 0.6) is 0 Å². The van der Waals surface area contributed by atoms with Crippen LogP contribution >= 0.6 is 0 Å². The van der Waals surface area contributed by atoms with Crippen molar-refractivity contribution in [2.45, 2.75) is 54.4 Å². The summed E-state index contributed by atoms with van der Waals surface area (Å²) in [5.41, 5.74) is 0.416. The maximum absolute atomic E-state index is 3.51. The molecule has 2 heteroatoms. The first-order valence-electron chi connectivity index (χ1n) is 7.44. The minimum absolute atomic E-state index is 0.416. The smallest absolute Gasteiger partial charge is 0.00474 e. The SMILES string of the molecule is CCNCC(C)(CC)CN(CC)CC(C)CC. The van der Waals surface area contributed by atoms with E-state index in [1.165, 1.54) is 32.5 Å². The van der Waals surface area contributed by atoms with Crippen molar-refractivity contribution < 1.29 is 0 Å². The van der Waals surface area contributed by atoms with Gasteiger partial charge in [-0.05, 0) is 30.8 Å². The lowest BCUT2D eigenvalue weighted by atomic mass is 9.86. The van der Waals surface area contributed by atoms with Gasteiger partial charge in [-0.2, -0.15) is 0 Å². The number of nitrogens with zero attached hydrogens (tertiary/aromatic N) is 1. The van der Waals surface area contributed by atoms with E-state index in [1.54, 1.807) is 0 Å². The molecule has 0 heterocycles. The molecule has 0 fully saturated rings. The van der Waals surface area contributed by atoms with Crippen molar-refractivity contribution in [2.24, 2.45) is 11.3 Å². The van der Waals surface area contributed by atoms with Gasteiger partial charge in [-0.25, -0.2) is 0 Å². The third-order valence-corrected chi connectivity index (χ3v) is 3.97. The van der Waals surface area contributed by atoms with Crippen LogP contribution < -0.4 is 5.32 Å². The van der Waals surface area contributed by atoms with Gasteiger partial charge in [0, 0.05) is 19.6 Å². The molecule has 2 nitrogen and oxygen atoms in total. The number of rotatable bonds is 10. The van der Waals surface area contributed by atoms with Gasteiger partial charge in [0.15, 0.2) is 0 Å². The maximum Gasteiger partial charge on any atom is 0.00474 e. The average Bonchev–Trinajstić information content (AvgIpc) is 2.35. The molecule has 0 saturated heterocycles. The van der Waals surface area contributed by atoms with Crippen LogP contribution in [-0.4, -0.2) is 37.6 Å². The molecule has 0 aliphatic rings. The van der Waals surface area contributed by atoms with E-state index < -0.39 is 0 Å². The first-order chi connectivity index (χ1) is 8.01. The summed E-state index contributed by atoms with van der Waals surface area (Å²) in [4.78, 5) is 2.62. The van der Waals surface area contributed by atoms with Crippen LogP contribution in [0, 0.1) is 11.3 Å². The van der Waals surface area contributed by atoms with Gasteiger partial charge < -0.3 is 10.2 Å². The third kappa shape index (κ3) is 7.05. The molecule has 0 rings (SSSR count). The highest BCUT2D eigenvalue weighted by molar-refractivity contribution is 4.79. The van der Waals surface area contributed by atoms with Gasteiger partial charge in [0.25, 0.3) is 0 Å². The molecule has 17 heavy (non-hydrogen) atoms. The van der Waals surface area contributed by atoms with Crippen molar-refractivity contribution in [1.82, 2.24) is 10.2 Å². The van der Waals surface area contributed by atoms with E-state index in [2.05, 4.69) is 51.8 Å². The molecule has 0 aliphatic heterocycles. The highest BCUT2D eigenvalue weighted by Gasteiger charge is 2.24. The Balaban J connectivity index is 4.28. The zero-order valence-electron chi connectivity index (χ0n) is 13.0. The molecule has 0 aliphatic carbocycles. The highest BCUT2D eigenvalue weighted by Crippen LogP contribution is 2.22.